The van der Waals surface area contributed by atoms with E-state index < -0.39 is 0 Å². The first kappa shape index (κ1) is 22.7. The number of methoxy groups -OCH3 is 1. The first-order valence-electron chi connectivity index (χ1n) is 10.6. The summed E-state index contributed by atoms with van der Waals surface area (Å²) in [6.07, 6.45) is 0.742. The molecule has 33 heavy (non-hydrogen) atoms. The molecule has 0 bridgehead atoms. The van der Waals surface area contributed by atoms with Crippen molar-refractivity contribution >= 4 is 28.5 Å². The minimum atomic E-state index is -0.349. The van der Waals surface area contributed by atoms with E-state index in [1.165, 1.54) is 12.1 Å². The molecular weight excluding hydrogens is 443 g/mol. The average Bonchev–Trinajstić information content (AvgIpc) is 3.13. The Labute approximate surface area is 196 Å². The van der Waals surface area contributed by atoms with Crippen LogP contribution in [0.2, 0.25) is 5.02 Å². The fourth-order valence-corrected chi connectivity index (χ4v) is 4.17. The molecule has 2 heterocycles. The third-order valence-electron chi connectivity index (χ3n) is 5.56. The van der Waals surface area contributed by atoms with Gasteiger partial charge in [0.2, 0.25) is 11.8 Å². The molecule has 0 saturated heterocycles. The summed E-state index contributed by atoms with van der Waals surface area (Å²) in [6, 6.07) is 13.6. The molecule has 4 rings (SSSR count). The highest BCUT2D eigenvalue weighted by Gasteiger charge is 2.20. The number of benzene rings is 2. The van der Waals surface area contributed by atoms with Crippen molar-refractivity contribution in [1.82, 2.24) is 20.1 Å². The highest BCUT2D eigenvalue weighted by molar-refractivity contribution is 6.30. The summed E-state index contributed by atoms with van der Waals surface area (Å²) < 4.78 is 21.0. The number of rotatable bonds is 7. The topological polar surface area (TPSA) is 69.0 Å². The molecule has 170 valence electrons. The number of carbonyl (C=O) groups is 1. The van der Waals surface area contributed by atoms with E-state index >= 15 is 0 Å². The molecule has 0 atom stereocenters. The lowest BCUT2D eigenvalue weighted by atomic mass is 10.0. The zero-order valence-electron chi connectivity index (χ0n) is 18.7. The van der Waals surface area contributed by atoms with Gasteiger partial charge in [-0.25, -0.2) is 9.07 Å². The van der Waals surface area contributed by atoms with Crippen LogP contribution in [0.3, 0.4) is 0 Å². The number of nitrogens with one attached hydrogen (secondary N) is 1. The second-order valence-corrected chi connectivity index (χ2v) is 8.24. The molecule has 0 spiro atoms. The van der Waals surface area contributed by atoms with Crippen molar-refractivity contribution in [1.29, 1.82) is 0 Å². The fourth-order valence-electron chi connectivity index (χ4n) is 3.96. The smallest absolute Gasteiger partial charge is 0.220 e. The van der Waals surface area contributed by atoms with Gasteiger partial charge in [-0.2, -0.15) is 10.1 Å². The number of halogens is 2. The quantitative estimate of drug-likeness (QED) is 0.412. The Hall–Kier alpha value is -3.45. The Kier molecular flexibility index (Phi) is 6.60. The molecule has 2 aromatic carbocycles. The summed E-state index contributed by atoms with van der Waals surface area (Å²) >= 11 is 6.00. The Morgan fingerprint density at radius 1 is 1.18 bits per heavy atom. The lowest BCUT2D eigenvalue weighted by Crippen LogP contribution is -2.23. The van der Waals surface area contributed by atoms with Gasteiger partial charge in [0.1, 0.15) is 5.82 Å². The van der Waals surface area contributed by atoms with E-state index in [1.807, 2.05) is 32.0 Å². The van der Waals surface area contributed by atoms with Crippen LogP contribution in [0.4, 0.5) is 4.39 Å². The van der Waals surface area contributed by atoms with Gasteiger partial charge in [-0.05, 0) is 61.7 Å². The van der Waals surface area contributed by atoms with Crippen LogP contribution >= 0.6 is 11.6 Å². The predicted octanol–water partition coefficient (Wildman–Crippen LogP) is 5.09. The molecule has 0 unspecified atom stereocenters. The van der Waals surface area contributed by atoms with Gasteiger partial charge in [0, 0.05) is 28.9 Å². The number of pyridine rings is 1. The number of hydrogen-bond acceptors (Lipinski definition) is 4. The van der Waals surface area contributed by atoms with Crippen LogP contribution in [0, 0.1) is 19.7 Å². The Balaban J connectivity index is 1.58. The van der Waals surface area contributed by atoms with E-state index in [-0.39, 0.29) is 18.1 Å². The maximum Gasteiger partial charge on any atom is 0.220 e. The summed E-state index contributed by atoms with van der Waals surface area (Å²) in [4.78, 5) is 17.2. The van der Waals surface area contributed by atoms with Crippen molar-refractivity contribution < 1.29 is 13.9 Å². The number of amides is 1. The average molecular weight is 467 g/mol. The lowest BCUT2D eigenvalue weighted by molar-refractivity contribution is -0.121. The van der Waals surface area contributed by atoms with E-state index in [0.29, 0.717) is 35.2 Å². The summed E-state index contributed by atoms with van der Waals surface area (Å²) in [5, 5.41) is 9.01. The summed E-state index contributed by atoms with van der Waals surface area (Å²) in [6.45, 7) is 4.27. The zero-order valence-corrected chi connectivity index (χ0v) is 19.4. The second-order valence-electron chi connectivity index (χ2n) is 7.81. The molecular formula is C25H24ClFN4O2. The summed E-state index contributed by atoms with van der Waals surface area (Å²) in [5.41, 5.74) is 4.67. The third-order valence-corrected chi connectivity index (χ3v) is 5.79. The maximum absolute atomic E-state index is 13.8. The van der Waals surface area contributed by atoms with Crippen LogP contribution in [0.5, 0.6) is 5.88 Å². The van der Waals surface area contributed by atoms with Crippen LogP contribution in [-0.4, -0.2) is 27.8 Å². The number of nitrogens with zero attached hydrogens (tertiary/aromatic N) is 3. The number of aryl methyl sites for hydroxylation is 2. The Morgan fingerprint density at radius 2 is 1.97 bits per heavy atom. The SMILES string of the molecule is COc1nc2c(c(C)nn2-c2cccc(F)c2)c(C)c1CCC(=O)NCc1cccc(Cl)c1. The van der Waals surface area contributed by atoms with E-state index in [2.05, 4.69) is 15.4 Å². The lowest BCUT2D eigenvalue weighted by Gasteiger charge is -2.13. The van der Waals surface area contributed by atoms with Crippen LogP contribution < -0.4 is 10.1 Å². The first-order valence-corrected chi connectivity index (χ1v) is 10.9. The second kappa shape index (κ2) is 9.58. The van der Waals surface area contributed by atoms with Crippen molar-refractivity contribution in [3.05, 3.63) is 81.8 Å². The van der Waals surface area contributed by atoms with Gasteiger partial charge in [0.05, 0.1) is 18.5 Å². The van der Waals surface area contributed by atoms with E-state index in [9.17, 15) is 9.18 Å². The van der Waals surface area contributed by atoms with E-state index in [1.54, 1.807) is 30.0 Å². The van der Waals surface area contributed by atoms with Gasteiger partial charge >= 0.3 is 0 Å². The number of ether oxygens (including phenoxy) is 1. The van der Waals surface area contributed by atoms with Crippen LogP contribution in [-0.2, 0) is 17.8 Å². The Morgan fingerprint density at radius 3 is 2.70 bits per heavy atom. The largest absolute Gasteiger partial charge is 0.481 e. The van der Waals surface area contributed by atoms with Gasteiger partial charge in [0.15, 0.2) is 5.65 Å². The standard InChI is InChI=1S/C25H24ClFN4O2/c1-15-21(10-11-22(32)28-14-17-6-4-7-18(26)12-17)25(33-3)29-24-23(15)16(2)30-31(24)20-9-5-8-19(27)13-20/h4-9,12-13H,10-11,14H2,1-3H3,(H,28,32). The molecule has 0 fully saturated rings. The third kappa shape index (κ3) is 4.83. The minimum Gasteiger partial charge on any atom is -0.481 e. The minimum absolute atomic E-state index is 0.0799. The molecule has 0 aliphatic carbocycles. The zero-order chi connectivity index (χ0) is 23.5. The molecule has 4 aromatic rings. The van der Waals surface area contributed by atoms with Crippen molar-refractivity contribution in [3.63, 3.8) is 0 Å². The van der Waals surface area contributed by atoms with Crippen LogP contribution in [0.25, 0.3) is 16.7 Å². The fraction of sp³-hybridized carbons (Fsp3) is 0.240. The highest BCUT2D eigenvalue weighted by Crippen LogP contribution is 2.32. The van der Waals surface area contributed by atoms with E-state index in [4.69, 9.17) is 16.3 Å². The van der Waals surface area contributed by atoms with Crippen molar-refractivity contribution in [2.24, 2.45) is 0 Å². The van der Waals surface area contributed by atoms with Crippen LogP contribution in [0.1, 0.15) is 28.8 Å². The number of carbonyl (C=O) groups excluding carboxylic acids is 1. The molecule has 2 aromatic heterocycles. The summed E-state index contributed by atoms with van der Waals surface area (Å²) in [7, 11) is 1.55. The van der Waals surface area contributed by atoms with Crippen molar-refractivity contribution in [2.45, 2.75) is 33.2 Å². The van der Waals surface area contributed by atoms with Crippen molar-refractivity contribution in [3.8, 4) is 11.6 Å². The highest BCUT2D eigenvalue weighted by atomic mass is 35.5. The predicted molar refractivity (Wildman–Crippen MR) is 126 cm³/mol. The number of hydrogen-bond donors (Lipinski definition) is 1. The molecule has 6 nitrogen and oxygen atoms in total. The summed E-state index contributed by atoms with van der Waals surface area (Å²) in [5.74, 6) is 0.00166. The van der Waals surface area contributed by atoms with Gasteiger partial charge < -0.3 is 10.1 Å². The van der Waals surface area contributed by atoms with Crippen LogP contribution in [0.15, 0.2) is 48.5 Å². The monoisotopic (exact) mass is 466 g/mol. The Bertz CT molecular complexity index is 1340. The number of fused-ring (bicyclic) bond motifs is 1. The normalized spacial score (nSPS) is 11.1. The molecule has 0 aliphatic heterocycles. The van der Waals surface area contributed by atoms with Gasteiger partial charge in [-0.1, -0.05) is 29.8 Å². The molecule has 0 saturated carbocycles. The van der Waals surface area contributed by atoms with Gasteiger partial charge in [-0.3, -0.25) is 4.79 Å². The van der Waals surface area contributed by atoms with Gasteiger partial charge in [-0.15, -0.1) is 0 Å². The first-order chi connectivity index (χ1) is 15.9. The molecule has 8 heteroatoms. The van der Waals surface area contributed by atoms with E-state index in [0.717, 1.165) is 27.8 Å². The molecule has 0 aliphatic rings. The maximum atomic E-state index is 13.8. The van der Waals surface area contributed by atoms with Gasteiger partial charge in [0.25, 0.3) is 0 Å². The molecule has 1 amide bonds. The van der Waals surface area contributed by atoms with Crippen molar-refractivity contribution in [2.75, 3.05) is 7.11 Å². The number of aromatic nitrogens is 3. The molecule has 0 radical (unpaired) electrons. The molecule has 1 N–H and O–H groups in total.